The Bertz CT molecular complexity index is 363. The highest BCUT2D eigenvalue weighted by Crippen LogP contribution is 2.15. The highest BCUT2D eigenvalue weighted by Gasteiger charge is 2.18. The molecule has 0 aliphatic carbocycles. The Morgan fingerprint density at radius 1 is 1.37 bits per heavy atom. The van der Waals surface area contributed by atoms with Crippen molar-refractivity contribution >= 4 is 5.95 Å². The first kappa shape index (κ1) is 14.2. The van der Waals surface area contributed by atoms with Crippen LogP contribution in [0, 0.1) is 0 Å². The maximum absolute atomic E-state index is 9.47. The van der Waals surface area contributed by atoms with Crippen molar-refractivity contribution in [1.82, 2.24) is 15.3 Å². The molecule has 1 fully saturated rings. The van der Waals surface area contributed by atoms with Crippen molar-refractivity contribution in [1.29, 1.82) is 0 Å². The van der Waals surface area contributed by atoms with Crippen LogP contribution in [0.4, 0.5) is 5.95 Å². The molecule has 1 aliphatic heterocycles. The Balaban J connectivity index is 1.81. The molecule has 1 aromatic heterocycles. The molecule has 1 saturated heterocycles. The number of hydrogen-bond donors (Lipinski definition) is 2. The summed E-state index contributed by atoms with van der Waals surface area (Å²) in [5.41, 5.74) is 1.07. The number of methoxy groups -OCH3 is 1. The standard InChI is InChI=1S/C13H22N4O2/c1-19-7-4-14-8-11-9-15-13(16-10-11)17-5-2-12(18)3-6-17/h9-10,12,14,18H,2-8H2,1H3. The Hall–Kier alpha value is -1.24. The Kier molecular flexibility index (Phi) is 5.50. The van der Waals surface area contributed by atoms with E-state index >= 15 is 0 Å². The second-order valence-electron chi connectivity index (χ2n) is 4.78. The molecule has 0 saturated carbocycles. The fourth-order valence-corrected chi connectivity index (χ4v) is 2.08. The zero-order valence-electron chi connectivity index (χ0n) is 11.4. The van der Waals surface area contributed by atoms with Gasteiger partial charge in [0, 0.05) is 51.2 Å². The van der Waals surface area contributed by atoms with Gasteiger partial charge in [0.2, 0.25) is 5.95 Å². The van der Waals surface area contributed by atoms with Crippen LogP contribution >= 0.6 is 0 Å². The second kappa shape index (κ2) is 7.37. The summed E-state index contributed by atoms with van der Waals surface area (Å²) in [5.74, 6) is 0.757. The molecular formula is C13H22N4O2. The highest BCUT2D eigenvalue weighted by molar-refractivity contribution is 5.30. The van der Waals surface area contributed by atoms with Gasteiger partial charge in [0.25, 0.3) is 0 Å². The van der Waals surface area contributed by atoms with Crippen LogP contribution in [-0.4, -0.2) is 54.5 Å². The van der Waals surface area contributed by atoms with E-state index in [1.807, 2.05) is 12.4 Å². The third-order valence-corrected chi connectivity index (χ3v) is 3.25. The van der Waals surface area contributed by atoms with E-state index in [0.29, 0.717) is 6.61 Å². The monoisotopic (exact) mass is 266 g/mol. The maximum Gasteiger partial charge on any atom is 0.225 e. The van der Waals surface area contributed by atoms with Gasteiger partial charge in [-0.25, -0.2) is 9.97 Å². The summed E-state index contributed by atoms with van der Waals surface area (Å²) in [7, 11) is 1.69. The van der Waals surface area contributed by atoms with Gasteiger partial charge in [0.15, 0.2) is 0 Å². The number of hydrogen-bond acceptors (Lipinski definition) is 6. The van der Waals surface area contributed by atoms with Crippen molar-refractivity contribution in [2.45, 2.75) is 25.5 Å². The van der Waals surface area contributed by atoms with E-state index in [1.54, 1.807) is 7.11 Å². The number of aliphatic hydroxyl groups is 1. The predicted molar refractivity (Wildman–Crippen MR) is 73.1 cm³/mol. The van der Waals surface area contributed by atoms with Gasteiger partial charge >= 0.3 is 0 Å². The number of nitrogens with one attached hydrogen (secondary N) is 1. The molecule has 0 amide bonds. The second-order valence-corrected chi connectivity index (χ2v) is 4.78. The van der Waals surface area contributed by atoms with Crippen molar-refractivity contribution in [3.05, 3.63) is 18.0 Å². The predicted octanol–water partition coefficient (Wildman–Crippen LogP) is 0.174. The van der Waals surface area contributed by atoms with Gasteiger partial charge in [-0.2, -0.15) is 0 Å². The number of aliphatic hydroxyl groups excluding tert-OH is 1. The van der Waals surface area contributed by atoms with Crippen LogP contribution in [0.25, 0.3) is 0 Å². The van der Waals surface area contributed by atoms with Gasteiger partial charge in [-0.05, 0) is 12.8 Å². The third kappa shape index (κ3) is 4.41. The van der Waals surface area contributed by atoms with Gasteiger partial charge in [-0.1, -0.05) is 0 Å². The SMILES string of the molecule is COCCNCc1cnc(N2CCC(O)CC2)nc1. The zero-order chi connectivity index (χ0) is 13.5. The van der Waals surface area contributed by atoms with Crippen LogP contribution in [0.15, 0.2) is 12.4 Å². The number of piperidine rings is 1. The largest absolute Gasteiger partial charge is 0.393 e. The summed E-state index contributed by atoms with van der Waals surface area (Å²) in [6.45, 7) is 3.93. The van der Waals surface area contributed by atoms with Crippen LogP contribution in [-0.2, 0) is 11.3 Å². The van der Waals surface area contributed by atoms with Crippen LogP contribution in [0.3, 0.4) is 0 Å². The van der Waals surface area contributed by atoms with Gasteiger partial charge in [-0.3, -0.25) is 0 Å². The van der Waals surface area contributed by atoms with Crippen LogP contribution in [0.5, 0.6) is 0 Å². The quantitative estimate of drug-likeness (QED) is 0.716. The van der Waals surface area contributed by atoms with E-state index in [4.69, 9.17) is 4.74 Å². The molecule has 6 nitrogen and oxygen atoms in total. The molecule has 1 aromatic rings. The Morgan fingerprint density at radius 3 is 2.68 bits per heavy atom. The molecule has 0 bridgehead atoms. The average Bonchev–Trinajstić information content (AvgIpc) is 2.45. The Morgan fingerprint density at radius 2 is 2.05 bits per heavy atom. The summed E-state index contributed by atoms with van der Waals surface area (Å²) in [6, 6.07) is 0. The molecule has 2 N–H and O–H groups in total. The lowest BCUT2D eigenvalue weighted by Gasteiger charge is -2.29. The summed E-state index contributed by atoms with van der Waals surface area (Å²) < 4.78 is 4.97. The highest BCUT2D eigenvalue weighted by atomic mass is 16.5. The normalized spacial score (nSPS) is 16.8. The molecule has 1 aliphatic rings. The molecular weight excluding hydrogens is 244 g/mol. The smallest absolute Gasteiger partial charge is 0.225 e. The van der Waals surface area contributed by atoms with Gasteiger partial charge in [-0.15, -0.1) is 0 Å². The summed E-state index contributed by atoms with van der Waals surface area (Å²) in [5, 5.41) is 12.7. The van der Waals surface area contributed by atoms with Crippen LogP contribution in [0.1, 0.15) is 18.4 Å². The first-order chi connectivity index (χ1) is 9.29. The minimum absolute atomic E-state index is 0.166. The summed E-state index contributed by atoms with van der Waals surface area (Å²) in [4.78, 5) is 10.9. The van der Waals surface area contributed by atoms with E-state index in [-0.39, 0.29) is 6.10 Å². The fraction of sp³-hybridized carbons (Fsp3) is 0.692. The van der Waals surface area contributed by atoms with Crippen LogP contribution < -0.4 is 10.2 Å². The molecule has 2 heterocycles. The lowest BCUT2D eigenvalue weighted by Crippen LogP contribution is -2.36. The lowest BCUT2D eigenvalue weighted by atomic mass is 10.1. The lowest BCUT2D eigenvalue weighted by molar-refractivity contribution is 0.145. The molecule has 0 spiro atoms. The van der Waals surface area contributed by atoms with E-state index in [2.05, 4.69) is 20.2 Å². The van der Waals surface area contributed by atoms with E-state index < -0.39 is 0 Å². The third-order valence-electron chi connectivity index (χ3n) is 3.25. The van der Waals surface area contributed by atoms with Gasteiger partial charge in [0.1, 0.15) is 0 Å². The zero-order valence-corrected chi connectivity index (χ0v) is 11.4. The van der Waals surface area contributed by atoms with Crippen molar-refractivity contribution in [2.75, 3.05) is 38.3 Å². The number of nitrogens with zero attached hydrogens (tertiary/aromatic N) is 3. The van der Waals surface area contributed by atoms with Crippen molar-refractivity contribution < 1.29 is 9.84 Å². The van der Waals surface area contributed by atoms with E-state index in [9.17, 15) is 5.11 Å². The molecule has 0 aromatic carbocycles. The minimum atomic E-state index is -0.166. The summed E-state index contributed by atoms with van der Waals surface area (Å²) >= 11 is 0. The van der Waals surface area contributed by atoms with Gasteiger partial charge < -0.3 is 20.1 Å². The molecule has 106 valence electrons. The van der Waals surface area contributed by atoms with Crippen LogP contribution in [0.2, 0.25) is 0 Å². The first-order valence-corrected chi connectivity index (χ1v) is 6.73. The topological polar surface area (TPSA) is 70.5 Å². The molecule has 19 heavy (non-hydrogen) atoms. The number of aromatic nitrogens is 2. The van der Waals surface area contributed by atoms with E-state index in [0.717, 1.165) is 50.5 Å². The number of ether oxygens (including phenoxy) is 1. The van der Waals surface area contributed by atoms with Crippen molar-refractivity contribution in [3.8, 4) is 0 Å². The fourth-order valence-electron chi connectivity index (χ4n) is 2.08. The molecule has 0 atom stereocenters. The Labute approximate surface area is 113 Å². The first-order valence-electron chi connectivity index (χ1n) is 6.73. The van der Waals surface area contributed by atoms with E-state index in [1.165, 1.54) is 0 Å². The summed E-state index contributed by atoms with van der Waals surface area (Å²) in [6.07, 6.45) is 5.13. The maximum atomic E-state index is 9.47. The molecule has 0 radical (unpaired) electrons. The van der Waals surface area contributed by atoms with Crippen molar-refractivity contribution in [3.63, 3.8) is 0 Å². The number of rotatable bonds is 6. The van der Waals surface area contributed by atoms with Crippen molar-refractivity contribution in [2.24, 2.45) is 0 Å². The molecule has 6 heteroatoms. The average molecular weight is 266 g/mol. The minimum Gasteiger partial charge on any atom is -0.393 e. The van der Waals surface area contributed by atoms with Gasteiger partial charge in [0.05, 0.1) is 12.7 Å². The number of anilines is 1. The molecule has 2 rings (SSSR count). The molecule has 0 unspecified atom stereocenters.